The minimum atomic E-state index is -0.450. The zero-order chi connectivity index (χ0) is 14.0. The van der Waals surface area contributed by atoms with E-state index in [2.05, 4.69) is 36.6 Å². The number of halogens is 1. The van der Waals surface area contributed by atoms with Crippen LogP contribution in [0.1, 0.15) is 13.3 Å². The van der Waals surface area contributed by atoms with E-state index in [9.17, 15) is 9.59 Å². The Labute approximate surface area is 117 Å². The summed E-state index contributed by atoms with van der Waals surface area (Å²) in [5, 5.41) is 2.31. The zero-order valence-electron chi connectivity index (χ0n) is 10.2. The van der Waals surface area contributed by atoms with Gasteiger partial charge in [0.1, 0.15) is 11.9 Å². The summed E-state index contributed by atoms with van der Waals surface area (Å²) in [6.07, 6.45) is 2.07. The summed E-state index contributed by atoms with van der Waals surface area (Å²) < 4.78 is 0.590. The van der Waals surface area contributed by atoms with Crippen molar-refractivity contribution in [3.8, 4) is 0 Å². The maximum atomic E-state index is 11.8. The first-order chi connectivity index (χ1) is 9.06. The molecule has 0 bridgehead atoms. The van der Waals surface area contributed by atoms with Crippen molar-refractivity contribution in [1.82, 2.24) is 15.3 Å². The number of carbonyl (C=O) groups is 2. The molecule has 0 aliphatic carbocycles. The van der Waals surface area contributed by atoms with Gasteiger partial charge in [0, 0.05) is 6.20 Å². The first kappa shape index (κ1) is 13.7. The molecular weight excluding hydrogens is 316 g/mol. The molecule has 2 rings (SSSR count). The molecule has 1 aliphatic rings. The SMILES string of the molecule is CCC1C(=O)NC(=O)CN1c1nc(NN)ncc1Br. The fourth-order valence-electron chi connectivity index (χ4n) is 1.92. The number of imide groups is 1. The van der Waals surface area contributed by atoms with Crippen molar-refractivity contribution in [2.45, 2.75) is 19.4 Å². The van der Waals surface area contributed by atoms with E-state index in [4.69, 9.17) is 5.84 Å². The van der Waals surface area contributed by atoms with Gasteiger partial charge in [0.2, 0.25) is 17.8 Å². The molecule has 0 spiro atoms. The van der Waals surface area contributed by atoms with Crippen LogP contribution in [-0.4, -0.2) is 34.4 Å². The zero-order valence-corrected chi connectivity index (χ0v) is 11.8. The number of nitrogens with two attached hydrogens (primary N) is 1. The predicted molar refractivity (Wildman–Crippen MR) is 72.1 cm³/mol. The van der Waals surface area contributed by atoms with Crippen LogP contribution in [0.5, 0.6) is 0 Å². The minimum Gasteiger partial charge on any atom is -0.334 e. The number of anilines is 2. The van der Waals surface area contributed by atoms with Crippen molar-refractivity contribution in [2.75, 3.05) is 16.9 Å². The third kappa shape index (κ3) is 2.66. The smallest absolute Gasteiger partial charge is 0.249 e. The Hall–Kier alpha value is -1.74. The summed E-state index contributed by atoms with van der Waals surface area (Å²) in [6.45, 7) is 1.92. The number of rotatable bonds is 3. The summed E-state index contributed by atoms with van der Waals surface area (Å²) in [4.78, 5) is 33.1. The lowest BCUT2D eigenvalue weighted by Gasteiger charge is -2.34. The predicted octanol–water partition coefficient (Wildman–Crippen LogP) is -0.234. The van der Waals surface area contributed by atoms with Crippen molar-refractivity contribution >= 4 is 39.5 Å². The highest BCUT2D eigenvalue weighted by atomic mass is 79.9. The second kappa shape index (κ2) is 5.49. The lowest BCUT2D eigenvalue weighted by Crippen LogP contribution is -2.58. The molecule has 1 unspecified atom stereocenters. The van der Waals surface area contributed by atoms with Gasteiger partial charge in [-0.2, -0.15) is 4.98 Å². The summed E-state index contributed by atoms with van der Waals surface area (Å²) in [5.74, 6) is 5.25. The quantitative estimate of drug-likeness (QED) is 0.399. The number of piperazine rings is 1. The van der Waals surface area contributed by atoms with Crippen LogP contribution in [0.2, 0.25) is 0 Å². The summed E-state index contributed by atoms with van der Waals surface area (Å²) in [7, 11) is 0. The molecule has 1 atom stereocenters. The van der Waals surface area contributed by atoms with Crippen molar-refractivity contribution in [3.63, 3.8) is 0 Å². The molecule has 1 fully saturated rings. The number of carbonyl (C=O) groups excluding carboxylic acids is 2. The topological polar surface area (TPSA) is 113 Å². The van der Waals surface area contributed by atoms with E-state index in [1.54, 1.807) is 4.90 Å². The summed E-state index contributed by atoms with van der Waals surface area (Å²) >= 11 is 3.31. The molecular formula is C10H13BrN6O2. The monoisotopic (exact) mass is 328 g/mol. The fraction of sp³-hybridized carbons (Fsp3) is 0.400. The largest absolute Gasteiger partial charge is 0.334 e. The third-order valence-corrected chi connectivity index (χ3v) is 3.33. The molecule has 102 valence electrons. The molecule has 8 nitrogen and oxygen atoms in total. The van der Waals surface area contributed by atoms with Gasteiger partial charge in [-0.05, 0) is 22.4 Å². The van der Waals surface area contributed by atoms with Gasteiger partial charge in [-0.15, -0.1) is 0 Å². The Morgan fingerprint density at radius 1 is 1.63 bits per heavy atom. The number of hydrazine groups is 1. The Morgan fingerprint density at radius 3 is 3.00 bits per heavy atom. The van der Waals surface area contributed by atoms with Crippen LogP contribution < -0.4 is 21.5 Å². The normalized spacial score (nSPS) is 19.3. The van der Waals surface area contributed by atoms with E-state index in [-0.39, 0.29) is 24.3 Å². The maximum Gasteiger partial charge on any atom is 0.249 e. The van der Waals surface area contributed by atoms with E-state index in [1.807, 2.05) is 6.92 Å². The second-order valence-corrected chi connectivity index (χ2v) is 4.83. The van der Waals surface area contributed by atoms with Crippen LogP contribution >= 0.6 is 15.9 Å². The average molecular weight is 329 g/mol. The molecule has 0 radical (unpaired) electrons. The minimum absolute atomic E-state index is 0.0594. The molecule has 0 saturated carbocycles. The van der Waals surface area contributed by atoms with Gasteiger partial charge in [-0.25, -0.2) is 10.8 Å². The third-order valence-electron chi connectivity index (χ3n) is 2.77. The van der Waals surface area contributed by atoms with Crippen LogP contribution in [0.3, 0.4) is 0 Å². The fourth-order valence-corrected chi connectivity index (χ4v) is 2.34. The Bertz CT molecular complexity index is 523. The van der Waals surface area contributed by atoms with Crippen molar-refractivity contribution < 1.29 is 9.59 Å². The van der Waals surface area contributed by atoms with E-state index in [0.29, 0.717) is 16.7 Å². The van der Waals surface area contributed by atoms with Crippen molar-refractivity contribution in [3.05, 3.63) is 10.7 Å². The van der Waals surface area contributed by atoms with Crippen LogP contribution in [0.15, 0.2) is 10.7 Å². The van der Waals surface area contributed by atoms with Gasteiger partial charge in [-0.3, -0.25) is 20.3 Å². The molecule has 2 amide bonds. The Morgan fingerprint density at radius 2 is 2.37 bits per heavy atom. The number of nitrogen functional groups attached to an aromatic ring is 1. The highest BCUT2D eigenvalue weighted by molar-refractivity contribution is 9.10. The molecule has 0 aromatic carbocycles. The summed E-state index contributed by atoms with van der Waals surface area (Å²) in [5.41, 5.74) is 2.33. The van der Waals surface area contributed by atoms with Crippen LogP contribution in [0, 0.1) is 0 Å². The molecule has 19 heavy (non-hydrogen) atoms. The van der Waals surface area contributed by atoms with Gasteiger partial charge in [0.05, 0.1) is 11.0 Å². The standard InChI is InChI=1S/C10H13BrN6O2/c1-2-6-9(19)14-7(18)4-17(6)8-5(11)3-13-10(15-8)16-12/h3,6H,2,4,12H2,1H3,(H,13,15,16)(H,14,18,19). The van der Waals surface area contributed by atoms with Gasteiger partial charge >= 0.3 is 0 Å². The second-order valence-electron chi connectivity index (χ2n) is 3.97. The van der Waals surface area contributed by atoms with Crippen LogP contribution in [0.4, 0.5) is 11.8 Å². The van der Waals surface area contributed by atoms with Crippen LogP contribution in [-0.2, 0) is 9.59 Å². The number of nitrogens with zero attached hydrogens (tertiary/aromatic N) is 3. The van der Waals surface area contributed by atoms with Crippen LogP contribution in [0.25, 0.3) is 0 Å². The number of hydrogen-bond donors (Lipinski definition) is 3. The lowest BCUT2D eigenvalue weighted by atomic mass is 10.1. The number of amides is 2. The lowest BCUT2D eigenvalue weighted by molar-refractivity contribution is -0.132. The molecule has 1 saturated heterocycles. The van der Waals surface area contributed by atoms with Gasteiger partial charge in [0.15, 0.2) is 0 Å². The van der Waals surface area contributed by atoms with Gasteiger partial charge in [0.25, 0.3) is 0 Å². The van der Waals surface area contributed by atoms with E-state index in [0.717, 1.165) is 0 Å². The van der Waals surface area contributed by atoms with Crippen molar-refractivity contribution in [2.24, 2.45) is 5.84 Å². The molecule has 4 N–H and O–H groups in total. The summed E-state index contributed by atoms with van der Waals surface area (Å²) in [6, 6.07) is -0.450. The van der Waals surface area contributed by atoms with E-state index >= 15 is 0 Å². The number of nitrogens with one attached hydrogen (secondary N) is 2. The van der Waals surface area contributed by atoms with E-state index < -0.39 is 6.04 Å². The Kier molecular flexibility index (Phi) is 3.96. The molecule has 1 aromatic rings. The van der Waals surface area contributed by atoms with Crippen molar-refractivity contribution in [1.29, 1.82) is 0 Å². The average Bonchev–Trinajstić information content (AvgIpc) is 2.38. The van der Waals surface area contributed by atoms with Gasteiger partial charge < -0.3 is 4.90 Å². The van der Waals surface area contributed by atoms with Gasteiger partial charge in [-0.1, -0.05) is 6.92 Å². The maximum absolute atomic E-state index is 11.8. The highest BCUT2D eigenvalue weighted by Crippen LogP contribution is 2.27. The molecule has 2 heterocycles. The molecule has 1 aromatic heterocycles. The molecule has 9 heteroatoms. The number of hydrogen-bond acceptors (Lipinski definition) is 7. The Balaban J connectivity index is 2.42. The first-order valence-electron chi connectivity index (χ1n) is 5.66. The first-order valence-corrected chi connectivity index (χ1v) is 6.45. The highest BCUT2D eigenvalue weighted by Gasteiger charge is 2.34. The molecule has 1 aliphatic heterocycles. The van der Waals surface area contributed by atoms with E-state index in [1.165, 1.54) is 6.20 Å². The number of aromatic nitrogens is 2.